The molecule has 0 N–H and O–H groups in total. The number of aryl methyl sites for hydroxylation is 1. The van der Waals surface area contributed by atoms with E-state index in [1.807, 2.05) is 19.1 Å². The van der Waals surface area contributed by atoms with Crippen LogP contribution in [0.2, 0.25) is 0 Å². The van der Waals surface area contributed by atoms with E-state index >= 15 is 0 Å². The Morgan fingerprint density at radius 2 is 1.75 bits per heavy atom. The minimum absolute atomic E-state index is 0.149. The van der Waals surface area contributed by atoms with E-state index in [-0.39, 0.29) is 6.42 Å². The molecule has 1 aromatic rings. The SMILES string of the molecule is Cc1ccc(C[C@H](CC(=O)[O-])C(=O)[O-])cc1. The smallest absolute Gasteiger partial charge is 0.0452 e. The summed E-state index contributed by atoms with van der Waals surface area (Å²) in [7, 11) is 0. The lowest BCUT2D eigenvalue weighted by Gasteiger charge is -2.18. The molecule has 1 rings (SSSR count). The number of carboxylic acid groups (broad SMARTS) is 2. The largest absolute Gasteiger partial charge is 0.550 e. The lowest BCUT2D eigenvalue weighted by molar-refractivity contribution is -0.320. The average Bonchev–Trinajstić information content (AvgIpc) is 2.19. The van der Waals surface area contributed by atoms with Crippen molar-refractivity contribution in [1.29, 1.82) is 0 Å². The maximum Gasteiger partial charge on any atom is 0.0452 e. The molecule has 0 heterocycles. The van der Waals surface area contributed by atoms with Gasteiger partial charge in [-0.05, 0) is 25.3 Å². The molecule has 0 amide bonds. The fourth-order valence-electron chi connectivity index (χ4n) is 1.45. The van der Waals surface area contributed by atoms with Crippen molar-refractivity contribution in [2.75, 3.05) is 0 Å². The van der Waals surface area contributed by atoms with E-state index in [1.54, 1.807) is 12.1 Å². The Labute approximate surface area is 93.5 Å². The van der Waals surface area contributed by atoms with E-state index in [0.717, 1.165) is 11.1 Å². The highest BCUT2D eigenvalue weighted by molar-refractivity contribution is 5.75. The van der Waals surface area contributed by atoms with Gasteiger partial charge in [0.15, 0.2) is 0 Å². The minimum Gasteiger partial charge on any atom is -0.550 e. The first-order chi connectivity index (χ1) is 7.49. The van der Waals surface area contributed by atoms with Gasteiger partial charge in [-0.1, -0.05) is 29.8 Å². The van der Waals surface area contributed by atoms with Crippen LogP contribution in [0.5, 0.6) is 0 Å². The third-order valence-electron chi connectivity index (χ3n) is 2.35. The summed E-state index contributed by atoms with van der Waals surface area (Å²) in [5, 5.41) is 21.1. The van der Waals surface area contributed by atoms with E-state index in [9.17, 15) is 19.8 Å². The summed E-state index contributed by atoms with van der Waals surface area (Å²) in [6.07, 6.45) is -0.368. The lowest BCUT2D eigenvalue weighted by Crippen LogP contribution is -2.37. The second-order valence-electron chi connectivity index (χ2n) is 3.78. The molecule has 0 aliphatic rings. The zero-order chi connectivity index (χ0) is 12.1. The normalized spacial score (nSPS) is 12.1. The van der Waals surface area contributed by atoms with Crippen LogP contribution in [0.3, 0.4) is 0 Å². The molecule has 0 saturated heterocycles. The van der Waals surface area contributed by atoms with Crippen LogP contribution in [-0.4, -0.2) is 11.9 Å². The molecule has 0 unspecified atom stereocenters. The van der Waals surface area contributed by atoms with Crippen molar-refractivity contribution in [1.82, 2.24) is 0 Å². The van der Waals surface area contributed by atoms with Crippen LogP contribution in [0.25, 0.3) is 0 Å². The van der Waals surface area contributed by atoms with Crippen molar-refractivity contribution < 1.29 is 19.8 Å². The Morgan fingerprint density at radius 1 is 1.19 bits per heavy atom. The summed E-state index contributed by atoms with van der Waals surface area (Å²) in [6, 6.07) is 7.25. The Hall–Kier alpha value is -1.84. The number of carbonyl (C=O) groups is 2. The van der Waals surface area contributed by atoms with Crippen LogP contribution in [0.4, 0.5) is 0 Å². The number of aliphatic carboxylic acids is 2. The maximum atomic E-state index is 10.7. The first kappa shape index (κ1) is 12.2. The number of carbonyl (C=O) groups excluding carboxylic acids is 2. The van der Waals surface area contributed by atoms with E-state index in [2.05, 4.69) is 0 Å². The molecule has 4 nitrogen and oxygen atoms in total. The van der Waals surface area contributed by atoms with E-state index in [4.69, 9.17) is 0 Å². The summed E-state index contributed by atoms with van der Waals surface area (Å²) < 4.78 is 0. The lowest BCUT2D eigenvalue weighted by atomic mass is 9.96. The van der Waals surface area contributed by atoms with E-state index in [0.29, 0.717) is 0 Å². The van der Waals surface area contributed by atoms with Gasteiger partial charge < -0.3 is 19.8 Å². The molecular formula is C12H12O4-2. The third kappa shape index (κ3) is 3.73. The molecule has 0 bridgehead atoms. The van der Waals surface area contributed by atoms with Gasteiger partial charge in [0.25, 0.3) is 0 Å². The molecule has 0 aromatic heterocycles. The number of rotatable bonds is 5. The summed E-state index contributed by atoms with van der Waals surface area (Å²) >= 11 is 0. The number of benzene rings is 1. The number of hydrogen-bond donors (Lipinski definition) is 0. The van der Waals surface area contributed by atoms with Gasteiger partial charge in [0.05, 0.1) is 0 Å². The van der Waals surface area contributed by atoms with Crippen LogP contribution >= 0.6 is 0 Å². The first-order valence-corrected chi connectivity index (χ1v) is 4.95. The number of hydrogen-bond acceptors (Lipinski definition) is 4. The molecular weight excluding hydrogens is 208 g/mol. The Kier molecular flexibility index (Phi) is 4.05. The van der Waals surface area contributed by atoms with Gasteiger partial charge in [0, 0.05) is 17.9 Å². The van der Waals surface area contributed by atoms with Crippen molar-refractivity contribution in [3.05, 3.63) is 35.4 Å². The Bertz CT molecular complexity index is 381. The average molecular weight is 220 g/mol. The predicted molar refractivity (Wildman–Crippen MR) is 53.0 cm³/mol. The fraction of sp³-hybridized carbons (Fsp3) is 0.333. The van der Waals surface area contributed by atoms with Crippen molar-refractivity contribution in [3.63, 3.8) is 0 Å². The second-order valence-corrected chi connectivity index (χ2v) is 3.78. The molecule has 0 aliphatic heterocycles. The Morgan fingerprint density at radius 3 is 2.19 bits per heavy atom. The molecule has 16 heavy (non-hydrogen) atoms. The Balaban J connectivity index is 2.71. The van der Waals surface area contributed by atoms with Gasteiger partial charge in [0.2, 0.25) is 0 Å². The summed E-state index contributed by atoms with van der Waals surface area (Å²) in [4.78, 5) is 21.1. The van der Waals surface area contributed by atoms with Gasteiger partial charge >= 0.3 is 0 Å². The molecule has 0 radical (unpaired) electrons. The highest BCUT2D eigenvalue weighted by atomic mass is 16.4. The van der Waals surface area contributed by atoms with E-state index in [1.165, 1.54) is 0 Å². The van der Waals surface area contributed by atoms with Crippen molar-refractivity contribution >= 4 is 11.9 Å². The molecule has 4 heteroatoms. The van der Waals surface area contributed by atoms with Crippen LogP contribution in [-0.2, 0) is 16.0 Å². The first-order valence-electron chi connectivity index (χ1n) is 4.95. The molecule has 86 valence electrons. The standard InChI is InChI=1S/C12H14O4/c1-8-2-4-9(5-3-8)6-10(12(15)16)7-11(13)14/h2-5,10H,6-7H2,1H3,(H,13,14)(H,15,16)/p-2/t10-/m1/s1. The van der Waals surface area contributed by atoms with Gasteiger partial charge in [-0.3, -0.25) is 0 Å². The van der Waals surface area contributed by atoms with Gasteiger partial charge in [-0.15, -0.1) is 0 Å². The second kappa shape index (κ2) is 5.30. The van der Waals surface area contributed by atoms with E-state index < -0.39 is 24.3 Å². The van der Waals surface area contributed by atoms with Crippen LogP contribution in [0.15, 0.2) is 24.3 Å². The van der Waals surface area contributed by atoms with Gasteiger partial charge in [-0.2, -0.15) is 0 Å². The molecule has 0 spiro atoms. The number of carboxylic acids is 2. The highest BCUT2D eigenvalue weighted by Gasteiger charge is 2.11. The molecule has 0 fully saturated rings. The molecule has 0 aliphatic carbocycles. The zero-order valence-corrected chi connectivity index (χ0v) is 8.93. The summed E-state index contributed by atoms with van der Waals surface area (Å²) in [6.45, 7) is 1.92. The van der Waals surface area contributed by atoms with Crippen molar-refractivity contribution in [2.45, 2.75) is 19.8 Å². The highest BCUT2D eigenvalue weighted by Crippen LogP contribution is 2.12. The van der Waals surface area contributed by atoms with Crippen LogP contribution in [0, 0.1) is 12.8 Å². The molecule has 0 saturated carbocycles. The third-order valence-corrected chi connectivity index (χ3v) is 2.35. The van der Waals surface area contributed by atoms with Gasteiger partial charge in [-0.25, -0.2) is 0 Å². The van der Waals surface area contributed by atoms with Crippen molar-refractivity contribution in [3.8, 4) is 0 Å². The quantitative estimate of drug-likeness (QED) is 0.640. The fourth-order valence-corrected chi connectivity index (χ4v) is 1.45. The topological polar surface area (TPSA) is 80.3 Å². The van der Waals surface area contributed by atoms with Crippen LogP contribution in [0.1, 0.15) is 17.5 Å². The predicted octanol–water partition coefficient (Wildman–Crippen LogP) is -0.956. The summed E-state index contributed by atoms with van der Waals surface area (Å²) in [5.74, 6) is -3.77. The summed E-state index contributed by atoms with van der Waals surface area (Å²) in [5.41, 5.74) is 1.84. The maximum absolute atomic E-state index is 10.7. The van der Waals surface area contributed by atoms with Gasteiger partial charge in [0.1, 0.15) is 0 Å². The molecule has 1 aromatic carbocycles. The van der Waals surface area contributed by atoms with Crippen LogP contribution < -0.4 is 10.2 Å². The van der Waals surface area contributed by atoms with Crippen molar-refractivity contribution in [2.24, 2.45) is 5.92 Å². The molecule has 1 atom stereocenters. The minimum atomic E-state index is -1.37. The monoisotopic (exact) mass is 220 g/mol. The zero-order valence-electron chi connectivity index (χ0n) is 8.93.